The van der Waals surface area contributed by atoms with Crippen molar-refractivity contribution in [3.05, 3.63) is 0 Å². The number of hydrogen-bond acceptors (Lipinski definition) is 5. The molecule has 4 N–H and O–H groups in total. The fourth-order valence-corrected chi connectivity index (χ4v) is 5.10. The van der Waals surface area contributed by atoms with Crippen molar-refractivity contribution in [2.45, 2.75) is 89.3 Å². The van der Waals surface area contributed by atoms with Crippen molar-refractivity contribution in [2.24, 2.45) is 22.2 Å². The number of guanidine groups is 1. The largest absolute Gasteiger partial charge is 0.380 e. The molecule has 0 aromatic carbocycles. The van der Waals surface area contributed by atoms with Crippen molar-refractivity contribution in [2.75, 3.05) is 19.8 Å². The van der Waals surface area contributed by atoms with Crippen molar-refractivity contribution in [1.82, 2.24) is 21.5 Å². The summed E-state index contributed by atoms with van der Waals surface area (Å²) < 4.78 is 32.2. The van der Waals surface area contributed by atoms with E-state index >= 15 is 0 Å². The molecule has 2 saturated carbocycles. The highest BCUT2D eigenvalue weighted by Crippen LogP contribution is 2.31. The van der Waals surface area contributed by atoms with E-state index in [1.165, 1.54) is 0 Å². The molecule has 0 bridgehead atoms. The van der Waals surface area contributed by atoms with Gasteiger partial charge in [0.25, 0.3) is 0 Å². The van der Waals surface area contributed by atoms with E-state index in [2.05, 4.69) is 33.4 Å². The fourth-order valence-electron chi connectivity index (χ4n) is 5.10. The van der Waals surface area contributed by atoms with Gasteiger partial charge >= 0.3 is 0 Å². The number of nitrogens with zero attached hydrogens (tertiary/aromatic N) is 1. The number of carbonyl (C=O) groups excluding carboxylic acids is 1. The SMILES string of the molecule is CC1(CN=C(NC(=O)C2CCC(F)CC2)NC2CC(C3CCC(F)CC3)NN2)COC1. The zero-order chi connectivity index (χ0) is 21.8. The average Bonchev–Trinajstić information content (AvgIpc) is 3.20. The molecule has 2 saturated heterocycles. The normalized spacial score (nSPS) is 38.4. The number of hydrogen-bond donors (Lipinski definition) is 4. The van der Waals surface area contributed by atoms with E-state index in [9.17, 15) is 13.6 Å². The Kier molecular flexibility index (Phi) is 7.44. The van der Waals surface area contributed by atoms with Crippen LogP contribution in [0.5, 0.6) is 0 Å². The molecule has 4 aliphatic rings. The Morgan fingerprint density at radius 1 is 1.03 bits per heavy atom. The Labute approximate surface area is 183 Å². The lowest BCUT2D eigenvalue weighted by atomic mass is 9.82. The molecule has 7 nitrogen and oxygen atoms in total. The summed E-state index contributed by atoms with van der Waals surface area (Å²) in [5.74, 6) is 0.674. The standard InChI is InChI=1S/C22H37F2N5O2/c1-22(12-31-13-22)11-25-21(27-20(30)15-4-8-17(24)9-5-15)26-19-10-18(28-29-19)14-2-6-16(23)7-3-14/h14-19,28-29H,2-13H2,1H3,(H2,25,26,27,30). The van der Waals surface area contributed by atoms with Gasteiger partial charge in [-0.05, 0) is 63.7 Å². The minimum atomic E-state index is -0.785. The molecule has 4 fully saturated rings. The van der Waals surface area contributed by atoms with Gasteiger partial charge in [-0.3, -0.25) is 20.5 Å². The lowest BCUT2D eigenvalue weighted by Crippen LogP contribution is -2.52. The number of aliphatic imine (C=N–C) groups is 1. The first kappa shape index (κ1) is 22.9. The van der Waals surface area contributed by atoms with Gasteiger partial charge in [-0.2, -0.15) is 0 Å². The molecule has 0 radical (unpaired) electrons. The lowest BCUT2D eigenvalue weighted by Gasteiger charge is -2.36. The van der Waals surface area contributed by atoms with E-state index in [0.29, 0.717) is 70.2 Å². The van der Waals surface area contributed by atoms with E-state index in [-0.39, 0.29) is 29.4 Å². The van der Waals surface area contributed by atoms with Gasteiger partial charge in [0, 0.05) is 17.4 Å². The predicted molar refractivity (Wildman–Crippen MR) is 115 cm³/mol. The second-order valence-corrected chi connectivity index (χ2v) is 10.2. The molecule has 2 atom stereocenters. The molecule has 9 heteroatoms. The highest BCUT2D eigenvalue weighted by molar-refractivity contribution is 5.98. The van der Waals surface area contributed by atoms with Gasteiger partial charge in [0.1, 0.15) is 12.3 Å². The van der Waals surface area contributed by atoms with Crippen molar-refractivity contribution < 1.29 is 18.3 Å². The van der Waals surface area contributed by atoms with Crippen LogP contribution in [-0.4, -0.2) is 56.2 Å². The molecule has 2 aliphatic heterocycles. The number of amides is 1. The maximum atomic E-state index is 13.5. The maximum Gasteiger partial charge on any atom is 0.229 e. The smallest absolute Gasteiger partial charge is 0.229 e. The zero-order valence-corrected chi connectivity index (χ0v) is 18.5. The first-order chi connectivity index (χ1) is 14.9. The fraction of sp³-hybridized carbons (Fsp3) is 0.909. The molecule has 0 aromatic rings. The molecular formula is C22H37F2N5O2. The summed E-state index contributed by atoms with van der Waals surface area (Å²) in [5.41, 5.74) is 6.62. The molecule has 0 spiro atoms. The number of nitrogens with one attached hydrogen (secondary N) is 4. The molecule has 4 rings (SSSR count). The summed E-state index contributed by atoms with van der Waals surface area (Å²) in [4.78, 5) is 17.5. The highest BCUT2D eigenvalue weighted by atomic mass is 19.1. The van der Waals surface area contributed by atoms with Crippen molar-refractivity contribution in [1.29, 1.82) is 0 Å². The van der Waals surface area contributed by atoms with E-state index in [1.54, 1.807) is 0 Å². The summed E-state index contributed by atoms with van der Waals surface area (Å²) in [5, 5.41) is 6.32. The summed E-state index contributed by atoms with van der Waals surface area (Å²) in [7, 11) is 0. The monoisotopic (exact) mass is 441 g/mol. The molecule has 2 aliphatic carbocycles. The molecule has 31 heavy (non-hydrogen) atoms. The number of carbonyl (C=O) groups is 1. The first-order valence-electron chi connectivity index (χ1n) is 11.9. The topological polar surface area (TPSA) is 86.8 Å². The number of alkyl halides is 2. The third kappa shape index (κ3) is 6.14. The Bertz CT molecular complexity index is 644. The second-order valence-electron chi connectivity index (χ2n) is 10.2. The molecule has 1 amide bonds. The van der Waals surface area contributed by atoms with Crippen LogP contribution in [0.2, 0.25) is 0 Å². The van der Waals surface area contributed by atoms with Gasteiger partial charge in [-0.1, -0.05) is 6.92 Å². The van der Waals surface area contributed by atoms with Gasteiger partial charge in [0.05, 0.1) is 25.9 Å². The maximum absolute atomic E-state index is 13.5. The third-order valence-electron chi connectivity index (χ3n) is 7.30. The van der Waals surface area contributed by atoms with E-state index in [4.69, 9.17) is 4.74 Å². The third-order valence-corrected chi connectivity index (χ3v) is 7.30. The summed E-state index contributed by atoms with van der Waals surface area (Å²) >= 11 is 0. The minimum Gasteiger partial charge on any atom is -0.380 e. The van der Waals surface area contributed by atoms with Crippen molar-refractivity contribution in [3.63, 3.8) is 0 Å². The molecule has 176 valence electrons. The highest BCUT2D eigenvalue weighted by Gasteiger charge is 2.36. The molecule has 2 heterocycles. The predicted octanol–water partition coefficient (Wildman–Crippen LogP) is 2.33. The van der Waals surface area contributed by atoms with Crippen molar-refractivity contribution >= 4 is 11.9 Å². The second kappa shape index (κ2) is 10.1. The van der Waals surface area contributed by atoms with Crippen LogP contribution in [0.1, 0.15) is 64.7 Å². The van der Waals surface area contributed by atoms with Crippen LogP contribution < -0.4 is 21.5 Å². The quantitative estimate of drug-likeness (QED) is 0.389. The Balaban J connectivity index is 1.33. The van der Waals surface area contributed by atoms with Crippen LogP contribution in [0.3, 0.4) is 0 Å². The van der Waals surface area contributed by atoms with Gasteiger partial charge in [-0.25, -0.2) is 14.2 Å². The van der Waals surface area contributed by atoms with Gasteiger partial charge in [0.2, 0.25) is 5.91 Å². The lowest BCUT2D eigenvalue weighted by molar-refractivity contribution is -0.124. The molecule has 2 unspecified atom stereocenters. The number of rotatable bonds is 5. The molecule has 0 aromatic heterocycles. The number of hydrazine groups is 1. The van der Waals surface area contributed by atoms with E-state index < -0.39 is 12.3 Å². The van der Waals surface area contributed by atoms with Crippen LogP contribution in [0.4, 0.5) is 8.78 Å². The Morgan fingerprint density at radius 2 is 1.68 bits per heavy atom. The van der Waals surface area contributed by atoms with Crippen molar-refractivity contribution in [3.8, 4) is 0 Å². The van der Waals surface area contributed by atoms with Gasteiger partial charge in [0.15, 0.2) is 5.96 Å². The summed E-state index contributed by atoms with van der Waals surface area (Å²) in [6, 6.07) is 0.277. The van der Waals surface area contributed by atoms with Crippen LogP contribution in [0.15, 0.2) is 4.99 Å². The van der Waals surface area contributed by atoms with Gasteiger partial charge in [-0.15, -0.1) is 0 Å². The van der Waals surface area contributed by atoms with Gasteiger partial charge < -0.3 is 10.1 Å². The number of halogens is 2. The van der Waals surface area contributed by atoms with Crippen LogP contribution >= 0.6 is 0 Å². The average molecular weight is 442 g/mol. The number of ether oxygens (including phenoxy) is 1. The summed E-state index contributed by atoms with van der Waals surface area (Å²) in [6.07, 6.45) is 4.48. The zero-order valence-electron chi connectivity index (χ0n) is 18.5. The van der Waals surface area contributed by atoms with Crippen LogP contribution in [-0.2, 0) is 9.53 Å². The molecular weight excluding hydrogens is 404 g/mol. The van der Waals surface area contributed by atoms with Crippen LogP contribution in [0, 0.1) is 17.3 Å². The Morgan fingerprint density at radius 3 is 2.29 bits per heavy atom. The van der Waals surface area contributed by atoms with Crippen LogP contribution in [0.25, 0.3) is 0 Å². The minimum absolute atomic E-state index is 0.00115. The summed E-state index contributed by atoms with van der Waals surface area (Å²) in [6.45, 7) is 4.02. The van der Waals surface area contributed by atoms with E-state index in [0.717, 1.165) is 19.3 Å². The Hall–Kier alpha value is -1.32. The van der Waals surface area contributed by atoms with E-state index in [1.807, 2.05) is 0 Å². The first-order valence-corrected chi connectivity index (χ1v) is 11.9.